The van der Waals surface area contributed by atoms with Crippen molar-refractivity contribution in [2.45, 2.75) is 32.1 Å². The largest absolute Gasteiger partial charge is 0.508 e. The van der Waals surface area contributed by atoms with Crippen LogP contribution in [0.2, 0.25) is 0 Å². The van der Waals surface area contributed by atoms with Crippen LogP contribution < -0.4 is 9.47 Å². The zero-order valence-corrected chi connectivity index (χ0v) is 21.2. The molecule has 0 bridgehead atoms. The first-order chi connectivity index (χ1) is 18.0. The fourth-order valence-corrected chi connectivity index (χ4v) is 5.39. The zero-order valence-electron chi connectivity index (χ0n) is 21.2. The average molecular weight is 504 g/mol. The highest BCUT2D eigenvalue weighted by atomic mass is 19.1. The molecule has 0 aromatic heterocycles. The van der Waals surface area contributed by atoms with Gasteiger partial charge in [-0.05, 0) is 85.5 Å². The van der Waals surface area contributed by atoms with Gasteiger partial charge in [-0.2, -0.15) is 0 Å². The maximum Gasteiger partial charge on any atom is 0.139 e. The zero-order chi connectivity index (χ0) is 25.8. The normalized spacial score (nSPS) is 20.2. The molecule has 0 radical (unpaired) electrons. The summed E-state index contributed by atoms with van der Waals surface area (Å²) in [7, 11) is 0. The van der Waals surface area contributed by atoms with Crippen LogP contribution in [0.4, 0.5) is 4.39 Å². The third-order valence-corrected chi connectivity index (χ3v) is 7.37. The molecular weight excluding hydrogens is 469 g/mol. The van der Waals surface area contributed by atoms with Crippen LogP contribution in [0, 0.1) is 5.92 Å². The molecule has 194 valence electrons. The van der Waals surface area contributed by atoms with E-state index in [0.717, 1.165) is 66.9 Å². The highest BCUT2D eigenvalue weighted by Gasteiger charge is 2.29. The Balaban J connectivity index is 1.36. The van der Waals surface area contributed by atoms with Crippen LogP contribution in [0.1, 0.15) is 48.8 Å². The molecule has 6 heteroatoms. The van der Waals surface area contributed by atoms with E-state index in [4.69, 9.17) is 9.47 Å². The minimum atomic E-state index is -0.244. The number of phenols is 2. The second kappa shape index (κ2) is 11.3. The van der Waals surface area contributed by atoms with E-state index >= 15 is 0 Å². The number of hydrogen-bond donors (Lipinski definition) is 2. The van der Waals surface area contributed by atoms with Gasteiger partial charge in [0, 0.05) is 35.7 Å². The van der Waals surface area contributed by atoms with E-state index in [1.54, 1.807) is 30.3 Å². The van der Waals surface area contributed by atoms with Crippen molar-refractivity contribution in [1.29, 1.82) is 0 Å². The van der Waals surface area contributed by atoms with Gasteiger partial charge in [0.05, 0.1) is 6.67 Å². The number of allylic oxidation sites excluding steroid dienone is 1. The van der Waals surface area contributed by atoms with Crippen molar-refractivity contribution >= 4 is 11.3 Å². The van der Waals surface area contributed by atoms with Gasteiger partial charge in [0.1, 0.15) is 35.4 Å². The lowest BCUT2D eigenvalue weighted by Crippen LogP contribution is -2.32. The molecule has 2 aliphatic rings. The second-order valence-electron chi connectivity index (χ2n) is 10.0. The van der Waals surface area contributed by atoms with Gasteiger partial charge in [-0.25, -0.2) is 0 Å². The van der Waals surface area contributed by atoms with Crippen LogP contribution in [0.15, 0.2) is 66.7 Å². The Morgan fingerprint density at radius 3 is 2.57 bits per heavy atom. The Hall–Kier alpha value is -3.51. The molecule has 1 fully saturated rings. The Morgan fingerprint density at radius 2 is 1.78 bits per heavy atom. The number of halogens is 1. The number of nitrogens with zero attached hydrogens (tertiary/aromatic N) is 1. The van der Waals surface area contributed by atoms with Crippen molar-refractivity contribution < 1.29 is 24.1 Å². The van der Waals surface area contributed by atoms with E-state index in [1.165, 1.54) is 0 Å². The third-order valence-electron chi connectivity index (χ3n) is 7.37. The third kappa shape index (κ3) is 5.75. The molecule has 5 rings (SSSR count). The Bertz CT molecular complexity index is 1260. The molecule has 3 aromatic carbocycles. The molecule has 37 heavy (non-hydrogen) atoms. The standard InChI is InChI=1S/C31H34FNO4/c1-21-28-18-26(35)10-13-29(28)37-31(30(21)24-6-4-7-25(34)17-24)23-8-11-27(12-9-23)36-16-15-33-14-3-2-5-22(19-32)20-33/h4,6-13,17-18,21-22,34-35H,2-3,5,14-16,19-20H2,1H3/t21?,22-/m0/s1. The summed E-state index contributed by atoms with van der Waals surface area (Å²) in [5.41, 5.74) is 3.59. The summed E-state index contributed by atoms with van der Waals surface area (Å²) in [4.78, 5) is 2.31. The van der Waals surface area contributed by atoms with Gasteiger partial charge in [0.15, 0.2) is 0 Å². The smallest absolute Gasteiger partial charge is 0.139 e. The van der Waals surface area contributed by atoms with Crippen LogP contribution in [0.25, 0.3) is 11.3 Å². The summed E-state index contributed by atoms with van der Waals surface area (Å²) in [5, 5.41) is 20.2. The Kier molecular flexibility index (Phi) is 7.65. The van der Waals surface area contributed by atoms with Gasteiger partial charge < -0.3 is 19.7 Å². The predicted octanol–water partition coefficient (Wildman–Crippen LogP) is 6.61. The fourth-order valence-electron chi connectivity index (χ4n) is 5.39. The van der Waals surface area contributed by atoms with Crippen LogP contribution in [0.3, 0.4) is 0 Å². The number of aromatic hydroxyl groups is 2. The Morgan fingerprint density at radius 1 is 0.973 bits per heavy atom. The van der Waals surface area contributed by atoms with Crippen LogP contribution in [0.5, 0.6) is 23.0 Å². The molecule has 1 unspecified atom stereocenters. The first kappa shape index (κ1) is 25.2. The molecule has 0 spiro atoms. The van der Waals surface area contributed by atoms with Gasteiger partial charge in [-0.3, -0.25) is 9.29 Å². The first-order valence-corrected chi connectivity index (χ1v) is 13.1. The minimum Gasteiger partial charge on any atom is -0.508 e. The summed E-state index contributed by atoms with van der Waals surface area (Å²) < 4.78 is 25.6. The van der Waals surface area contributed by atoms with Gasteiger partial charge in [0.2, 0.25) is 0 Å². The number of rotatable bonds is 7. The summed E-state index contributed by atoms with van der Waals surface area (Å²) in [5.74, 6) is 2.64. The molecule has 0 aliphatic carbocycles. The van der Waals surface area contributed by atoms with Gasteiger partial charge in [0.25, 0.3) is 0 Å². The number of fused-ring (bicyclic) bond motifs is 1. The van der Waals surface area contributed by atoms with E-state index in [0.29, 0.717) is 18.1 Å². The summed E-state index contributed by atoms with van der Waals surface area (Å²) >= 11 is 0. The van der Waals surface area contributed by atoms with Gasteiger partial charge in [-0.15, -0.1) is 0 Å². The second-order valence-corrected chi connectivity index (χ2v) is 10.0. The van der Waals surface area contributed by atoms with Crippen molar-refractivity contribution in [3.63, 3.8) is 0 Å². The molecule has 2 aliphatic heterocycles. The molecule has 1 saturated heterocycles. The summed E-state index contributed by atoms with van der Waals surface area (Å²) in [6.45, 7) is 4.98. The predicted molar refractivity (Wildman–Crippen MR) is 144 cm³/mol. The lowest BCUT2D eigenvalue weighted by molar-refractivity contribution is 0.185. The number of hydrogen-bond acceptors (Lipinski definition) is 5. The van der Waals surface area contributed by atoms with E-state index in [9.17, 15) is 14.6 Å². The van der Waals surface area contributed by atoms with E-state index < -0.39 is 0 Å². The Labute approximate surface area is 217 Å². The minimum absolute atomic E-state index is 0.0645. The molecular formula is C31H34FNO4. The summed E-state index contributed by atoms with van der Waals surface area (Å²) in [6, 6.07) is 20.1. The van der Waals surface area contributed by atoms with Gasteiger partial charge in [-0.1, -0.05) is 25.5 Å². The highest BCUT2D eigenvalue weighted by Crippen LogP contribution is 2.47. The molecule has 2 heterocycles. The van der Waals surface area contributed by atoms with Crippen LogP contribution >= 0.6 is 0 Å². The number of phenolic OH excluding ortho intramolecular Hbond substituents is 2. The van der Waals surface area contributed by atoms with Crippen molar-refractivity contribution in [3.05, 3.63) is 83.4 Å². The molecule has 0 saturated carbocycles. The highest BCUT2D eigenvalue weighted by molar-refractivity contribution is 5.93. The van der Waals surface area contributed by atoms with Crippen LogP contribution in [-0.4, -0.2) is 48.0 Å². The maximum atomic E-state index is 13.2. The lowest BCUT2D eigenvalue weighted by atomic mass is 9.83. The van der Waals surface area contributed by atoms with Crippen molar-refractivity contribution in [3.8, 4) is 23.0 Å². The van der Waals surface area contributed by atoms with E-state index in [1.807, 2.05) is 36.4 Å². The lowest BCUT2D eigenvalue weighted by Gasteiger charge is -2.29. The van der Waals surface area contributed by atoms with Crippen LogP contribution in [-0.2, 0) is 0 Å². The molecule has 2 N–H and O–H groups in total. The molecule has 3 aromatic rings. The molecule has 2 atom stereocenters. The quantitative estimate of drug-likeness (QED) is 0.380. The number of alkyl halides is 1. The maximum absolute atomic E-state index is 13.2. The fraction of sp³-hybridized carbons (Fsp3) is 0.355. The van der Waals surface area contributed by atoms with E-state index in [2.05, 4.69) is 11.8 Å². The van der Waals surface area contributed by atoms with Crippen molar-refractivity contribution in [1.82, 2.24) is 4.90 Å². The SMILES string of the molecule is CC1C(c2cccc(O)c2)=C(c2ccc(OCCN3CCCC[C@@H](CF)C3)cc2)Oc2ccc(O)cc21. The van der Waals surface area contributed by atoms with E-state index in [-0.39, 0.29) is 30.0 Å². The molecule has 5 nitrogen and oxygen atoms in total. The number of ether oxygens (including phenoxy) is 2. The van der Waals surface area contributed by atoms with Gasteiger partial charge >= 0.3 is 0 Å². The number of likely N-dealkylation sites (tertiary alicyclic amines) is 1. The molecule has 0 amide bonds. The van der Waals surface area contributed by atoms with Crippen molar-refractivity contribution in [2.24, 2.45) is 5.92 Å². The van der Waals surface area contributed by atoms with Crippen molar-refractivity contribution in [2.75, 3.05) is 32.9 Å². The monoisotopic (exact) mass is 503 g/mol. The average Bonchev–Trinajstić information content (AvgIpc) is 3.14. The number of benzene rings is 3. The summed E-state index contributed by atoms with van der Waals surface area (Å²) in [6.07, 6.45) is 3.19. The first-order valence-electron chi connectivity index (χ1n) is 13.1. The topological polar surface area (TPSA) is 62.2 Å².